The van der Waals surface area contributed by atoms with Crippen molar-refractivity contribution in [3.63, 3.8) is 0 Å². The van der Waals surface area contributed by atoms with Gasteiger partial charge in [0.15, 0.2) is 30.7 Å². The molecule has 80 heavy (non-hydrogen) atoms. The molecule has 0 spiro atoms. The van der Waals surface area contributed by atoms with Crippen molar-refractivity contribution >= 4 is 47.9 Å². The first kappa shape index (κ1) is 66.8. The van der Waals surface area contributed by atoms with Gasteiger partial charge in [0.2, 0.25) is 0 Å². The molecule has 8 atom stereocenters. The number of amides is 3. The van der Waals surface area contributed by atoms with Gasteiger partial charge >= 0.3 is 23.9 Å². The molecular formula is C62H94N4O14. The molecule has 18 heteroatoms. The van der Waals surface area contributed by atoms with E-state index in [9.17, 15) is 33.6 Å². The van der Waals surface area contributed by atoms with Gasteiger partial charge in [-0.2, -0.15) is 0 Å². The number of nitrogens with one attached hydrogen (secondary N) is 1. The van der Waals surface area contributed by atoms with Gasteiger partial charge in [0.1, 0.15) is 24.2 Å². The van der Waals surface area contributed by atoms with Crippen molar-refractivity contribution < 1.29 is 66.8 Å². The summed E-state index contributed by atoms with van der Waals surface area (Å²) >= 11 is 0. The van der Waals surface area contributed by atoms with Crippen LogP contribution in [0, 0.1) is 23.7 Å². The standard InChI is InChI=1S/C62H94N4O14/c1-38(2)31-51(63-11)59(71)77-42(9)56(68)65(13)54(34-41(7)8)62(74)80-55(36-45-17-21-47(22-18-45)49-25-29-76-30-26-49)58(70)66(14)52(32-39(3)4)60(72)78-43(10)57(69)64(12)53(33-40(5)6)61(73)79-50(37-67)35-44-15-19-46(20-16-44)48-23-27-75-28-24-48/h15-22,37-43,48-55,63H,23-36H2,1-14H3/t42-,43-,50-,51+,52+,53+,54+,55-/m1/s1. The predicted molar refractivity (Wildman–Crippen MR) is 303 cm³/mol. The minimum Gasteiger partial charge on any atom is -0.453 e. The molecule has 2 aromatic carbocycles. The van der Waals surface area contributed by atoms with Crippen LogP contribution >= 0.6 is 0 Å². The molecule has 0 unspecified atom stereocenters. The second-order valence-electron chi connectivity index (χ2n) is 23.6. The summed E-state index contributed by atoms with van der Waals surface area (Å²) < 4.78 is 34.5. The number of aldehydes is 1. The van der Waals surface area contributed by atoms with Gasteiger partial charge in [-0.25, -0.2) is 14.4 Å². The normalized spacial score (nSPS) is 17.3. The van der Waals surface area contributed by atoms with Crippen LogP contribution in [-0.4, -0.2) is 166 Å². The summed E-state index contributed by atoms with van der Waals surface area (Å²) in [5.74, 6) is -4.76. The zero-order valence-electron chi connectivity index (χ0n) is 50.2. The fraction of sp³-hybridized carbons (Fsp3) is 0.677. The van der Waals surface area contributed by atoms with E-state index in [2.05, 4.69) is 5.32 Å². The number of hydrogen-bond acceptors (Lipinski definition) is 15. The van der Waals surface area contributed by atoms with Crippen LogP contribution in [-0.2, 0) is 79.6 Å². The van der Waals surface area contributed by atoms with Crippen molar-refractivity contribution in [1.82, 2.24) is 20.0 Å². The number of hydrogen-bond donors (Lipinski definition) is 1. The van der Waals surface area contributed by atoms with E-state index in [0.717, 1.165) is 36.8 Å². The SMILES string of the molecule is CN[C@@H](CC(C)C)C(=O)O[C@H](C)C(=O)N(C)[C@@H](CC(C)C)C(=O)O[C@H](Cc1ccc(C2CCOCC2)cc1)C(=O)N(C)[C@@H](CC(C)C)C(=O)O[C@H](C)C(=O)N(C)[C@@H](CC(C)C)C(=O)O[C@@H](C=O)Cc1ccc(C2CCOCC2)cc1. The van der Waals surface area contributed by atoms with Gasteiger partial charge in [-0.3, -0.25) is 24.0 Å². The Hall–Kier alpha value is -5.72. The summed E-state index contributed by atoms with van der Waals surface area (Å²) in [4.78, 5) is 115. The van der Waals surface area contributed by atoms with Crippen LogP contribution in [0.1, 0.15) is 155 Å². The Morgan fingerprint density at radius 2 is 0.850 bits per heavy atom. The van der Waals surface area contributed by atoms with E-state index >= 15 is 4.79 Å². The number of carbonyl (C=O) groups is 8. The van der Waals surface area contributed by atoms with E-state index in [1.807, 2.05) is 104 Å². The fourth-order valence-corrected chi connectivity index (χ4v) is 10.4. The molecule has 2 heterocycles. The molecule has 2 aliphatic rings. The first-order chi connectivity index (χ1) is 37.8. The van der Waals surface area contributed by atoms with Crippen LogP contribution in [0.4, 0.5) is 0 Å². The second kappa shape index (κ2) is 32.7. The van der Waals surface area contributed by atoms with E-state index in [0.29, 0.717) is 56.5 Å². The minimum absolute atomic E-state index is 0.0872. The zero-order valence-corrected chi connectivity index (χ0v) is 50.2. The third kappa shape index (κ3) is 20.4. The second-order valence-corrected chi connectivity index (χ2v) is 23.6. The van der Waals surface area contributed by atoms with Crippen LogP contribution in [0.25, 0.3) is 0 Å². The lowest BCUT2D eigenvalue weighted by molar-refractivity contribution is -0.173. The summed E-state index contributed by atoms with van der Waals surface area (Å²) in [6.07, 6.45) is -0.165. The average molecular weight is 1120 g/mol. The highest BCUT2D eigenvalue weighted by Gasteiger charge is 2.41. The van der Waals surface area contributed by atoms with Crippen molar-refractivity contribution in [3.8, 4) is 0 Å². The zero-order chi connectivity index (χ0) is 59.4. The van der Waals surface area contributed by atoms with Crippen LogP contribution in [0.2, 0.25) is 0 Å². The summed E-state index contributed by atoms with van der Waals surface area (Å²) in [5.41, 5.74) is 3.77. The van der Waals surface area contributed by atoms with Gasteiger partial charge < -0.3 is 48.4 Å². The number of esters is 4. The molecule has 0 aromatic heterocycles. The molecule has 0 saturated carbocycles. The Morgan fingerprint density at radius 1 is 0.500 bits per heavy atom. The number of nitrogens with zero attached hydrogens (tertiary/aromatic N) is 3. The molecule has 0 radical (unpaired) electrons. The lowest BCUT2D eigenvalue weighted by Gasteiger charge is -2.34. The van der Waals surface area contributed by atoms with Gasteiger partial charge in [-0.15, -0.1) is 0 Å². The van der Waals surface area contributed by atoms with Crippen molar-refractivity contribution in [2.45, 2.75) is 194 Å². The molecule has 0 bridgehead atoms. The Morgan fingerprint density at radius 3 is 1.23 bits per heavy atom. The first-order valence-corrected chi connectivity index (χ1v) is 28.9. The third-order valence-electron chi connectivity index (χ3n) is 15.1. The van der Waals surface area contributed by atoms with Gasteiger partial charge in [0.05, 0.1) is 0 Å². The summed E-state index contributed by atoms with van der Waals surface area (Å²) in [6.45, 7) is 20.7. The van der Waals surface area contributed by atoms with E-state index in [-0.39, 0.29) is 55.8 Å². The summed E-state index contributed by atoms with van der Waals surface area (Å²) in [5, 5.41) is 2.94. The molecule has 3 amide bonds. The van der Waals surface area contributed by atoms with Crippen molar-refractivity contribution in [2.24, 2.45) is 23.7 Å². The minimum atomic E-state index is -1.50. The van der Waals surface area contributed by atoms with Crippen molar-refractivity contribution in [1.29, 1.82) is 0 Å². The fourth-order valence-electron chi connectivity index (χ4n) is 10.4. The Kier molecular flexibility index (Phi) is 27.3. The third-order valence-corrected chi connectivity index (χ3v) is 15.1. The molecule has 1 N–H and O–H groups in total. The maximum Gasteiger partial charge on any atom is 0.329 e. The molecule has 2 saturated heterocycles. The highest BCUT2D eigenvalue weighted by molar-refractivity contribution is 5.93. The number of rotatable bonds is 30. The lowest BCUT2D eigenvalue weighted by atomic mass is 9.90. The monoisotopic (exact) mass is 1120 g/mol. The summed E-state index contributed by atoms with van der Waals surface area (Å²) in [6, 6.07) is 11.4. The smallest absolute Gasteiger partial charge is 0.329 e. The van der Waals surface area contributed by atoms with E-state index in [1.54, 1.807) is 7.05 Å². The molecular weight excluding hydrogens is 1020 g/mol. The van der Waals surface area contributed by atoms with E-state index in [1.165, 1.54) is 55.3 Å². The molecule has 18 nitrogen and oxygen atoms in total. The number of benzene rings is 2. The highest BCUT2D eigenvalue weighted by Crippen LogP contribution is 2.30. The Balaban J connectivity index is 1.56. The summed E-state index contributed by atoms with van der Waals surface area (Å²) in [7, 11) is 5.90. The van der Waals surface area contributed by atoms with Crippen molar-refractivity contribution in [3.05, 3.63) is 70.8 Å². The number of carbonyl (C=O) groups excluding carboxylic acids is 8. The van der Waals surface area contributed by atoms with Gasteiger partial charge in [0, 0.05) is 60.4 Å². The quantitative estimate of drug-likeness (QED) is 0.0459. The molecule has 2 fully saturated rings. The largest absolute Gasteiger partial charge is 0.453 e. The van der Waals surface area contributed by atoms with Gasteiger partial charge in [-0.05, 0) is 130 Å². The molecule has 4 rings (SSSR count). The van der Waals surface area contributed by atoms with Crippen molar-refractivity contribution in [2.75, 3.05) is 54.6 Å². The average Bonchev–Trinajstić information content (AvgIpc) is 3.43. The molecule has 2 aromatic rings. The topological polar surface area (TPSA) is 214 Å². The van der Waals surface area contributed by atoms with Crippen LogP contribution in [0.3, 0.4) is 0 Å². The maximum absolute atomic E-state index is 15.0. The number of ether oxygens (including phenoxy) is 6. The molecule has 0 aliphatic carbocycles. The van der Waals surface area contributed by atoms with E-state index in [4.69, 9.17) is 28.4 Å². The molecule has 446 valence electrons. The predicted octanol–water partition coefficient (Wildman–Crippen LogP) is 7.40. The highest BCUT2D eigenvalue weighted by atomic mass is 16.6. The van der Waals surface area contributed by atoms with E-state index < -0.39 is 90.2 Å². The lowest BCUT2D eigenvalue weighted by Crippen LogP contribution is -2.53. The van der Waals surface area contributed by atoms with Gasteiger partial charge in [0.25, 0.3) is 17.7 Å². The van der Waals surface area contributed by atoms with Crippen LogP contribution < -0.4 is 5.32 Å². The molecule has 2 aliphatic heterocycles. The maximum atomic E-state index is 15.0. The Labute approximate surface area is 476 Å². The van der Waals surface area contributed by atoms with Gasteiger partial charge in [-0.1, -0.05) is 104 Å². The van der Waals surface area contributed by atoms with Crippen LogP contribution in [0.15, 0.2) is 48.5 Å². The first-order valence-electron chi connectivity index (χ1n) is 28.9. The number of likely N-dealkylation sites (N-methyl/N-ethyl adjacent to an activating group) is 4. The van der Waals surface area contributed by atoms with Crippen LogP contribution in [0.5, 0.6) is 0 Å². The Bertz CT molecular complexity index is 2310.